The summed E-state index contributed by atoms with van der Waals surface area (Å²) in [4.78, 5) is 15.8. The Morgan fingerprint density at radius 2 is 2.25 bits per heavy atom. The molecule has 0 aliphatic carbocycles. The largest absolute Gasteiger partial charge is 0.445 e. The lowest BCUT2D eigenvalue weighted by atomic mass is 10.3. The first-order chi connectivity index (χ1) is 11.4. The molecule has 1 unspecified atom stereocenters. The van der Waals surface area contributed by atoms with Crippen LogP contribution in [0.4, 0.5) is 9.52 Å². The van der Waals surface area contributed by atoms with E-state index >= 15 is 0 Å². The molecule has 1 amide bonds. The molecule has 0 bridgehead atoms. The zero-order valence-corrected chi connectivity index (χ0v) is 15.0. The van der Waals surface area contributed by atoms with Crippen LogP contribution < -0.4 is 14.8 Å². The maximum atomic E-state index is 13.1. The number of nitrogens with zero attached hydrogens (tertiary/aromatic N) is 1. The van der Waals surface area contributed by atoms with Crippen molar-refractivity contribution in [1.29, 1.82) is 0 Å². The quantitative estimate of drug-likeness (QED) is 0.755. The Morgan fingerprint density at radius 3 is 2.92 bits per heavy atom. The molecule has 11 heteroatoms. The normalized spacial score (nSPS) is 12.0. The minimum Gasteiger partial charge on any atom is -0.445 e. The summed E-state index contributed by atoms with van der Waals surface area (Å²) in [5.74, 6) is -0.709. The summed E-state index contributed by atoms with van der Waals surface area (Å²) in [5.41, 5.74) is 0.537. The number of thiazole rings is 1. The number of carbonyl (C=O) groups is 1. The highest BCUT2D eigenvalue weighted by Gasteiger charge is 2.14. The molecule has 0 saturated heterocycles. The number of aryl methyl sites for hydroxylation is 1. The lowest BCUT2D eigenvalue weighted by Gasteiger charge is -2.04. The monoisotopic (exact) mass is 393 g/mol. The number of nitrogens with one attached hydrogen (secondary N) is 2. The van der Waals surface area contributed by atoms with Gasteiger partial charge in [-0.1, -0.05) is 22.9 Å². The first-order valence-electron chi connectivity index (χ1n) is 6.51. The van der Waals surface area contributed by atoms with E-state index in [4.69, 9.17) is 20.5 Å². The van der Waals surface area contributed by atoms with E-state index in [0.717, 1.165) is 11.3 Å². The fraction of sp³-hybridized carbons (Fsp3) is 0.231. The van der Waals surface area contributed by atoms with Gasteiger partial charge in [-0.25, -0.2) is 18.3 Å². The maximum Gasteiger partial charge on any atom is 0.253 e. The Bertz CT molecular complexity index is 772. The number of rotatable bonds is 7. The predicted molar refractivity (Wildman–Crippen MR) is 90.1 cm³/mol. The number of ether oxygens (including phenoxy) is 1. The van der Waals surface area contributed by atoms with Crippen LogP contribution in [-0.4, -0.2) is 28.8 Å². The minimum absolute atomic E-state index is 0.0575. The average molecular weight is 394 g/mol. The number of halogens is 2. The highest BCUT2D eigenvalue weighted by atomic mass is 35.5. The SMILES string of the molecule is CNS(=O)OCC(=O)Nc1nc(C)c(Oc2ccc(F)c(Cl)c2)s1. The van der Waals surface area contributed by atoms with E-state index in [1.165, 1.54) is 25.2 Å². The topological polar surface area (TPSA) is 89.5 Å². The summed E-state index contributed by atoms with van der Waals surface area (Å²) in [7, 11) is 1.43. The molecule has 24 heavy (non-hydrogen) atoms. The van der Waals surface area contributed by atoms with Gasteiger partial charge in [-0.15, -0.1) is 0 Å². The third kappa shape index (κ3) is 5.21. The smallest absolute Gasteiger partial charge is 0.253 e. The van der Waals surface area contributed by atoms with Crippen LogP contribution in [-0.2, 0) is 20.2 Å². The molecule has 0 spiro atoms. The molecule has 2 aromatic rings. The van der Waals surface area contributed by atoms with Crippen LogP contribution in [0.5, 0.6) is 10.8 Å². The predicted octanol–water partition coefficient (Wildman–Crippen LogP) is 2.79. The molecule has 130 valence electrons. The summed E-state index contributed by atoms with van der Waals surface area (Å²) >= 11 is 5.05. The summed E-state index contributed by atoms with van der Waals surface area (Å²) < 4.78 is 36.8. The molecule has 0 fully saturated rings. The van der Waals surface area contributed by atoms with Crippen molar-refractivity contribution in [2.24, 2.45) is 0 Å². The van der Waals surface area contributed by atoms with E-state index in [1.54, 1.807) is 6.92 Å². The molecule has 0 saturated carbocycles. The van der Waals surface area contributed by atoms with Gasteiger partial charge in [-0.3, -0.25) is 14.3 Å². The van der Waals surface area contributed by atoms with Crippen molar-refractivity contribution in [3.8, 4) is 10.8 Å². The van der Waals surface area contributed by atoms with Crippen LogP contribution in [0.15, 0.2) is 18.2 Å². The molecule has 2 N–H and O–H groups in total. The number of carbonyl (C=O) groups excluding carboxylic acids is 1. The third-order valence-corrected chi connectivity index (χ3v) is 4.47. The van der Waals surface area contributed by atoms with Gasteiger partial charge in [0, 0.05) is 6.07 Å². The van der Waals surface area contributed by atoms with E-state index in [0.29, 0.717) is 21.6 Å². The van der Waals surface area contributed by atoms with Gasteiger partial charge in [0.15, 0.2) is 5.13 Å². The van der Waals surface area contributed by atoms with Crippen molar-refractivity contribution < 1.29 is 22.3 Å². The zero-order chi connectivity index (χ0) is 17.7. The lowest BCUT2D eigenvalue weighted by Crippen LogP contribution is -2.22. The van der Waals surface area contributed by atoms with Gasteiger partial charge >= 0.3 is 0 Å². The van der Waals surface area contributed by atoms with Crippen LogP contribution >= 0.6 is 22.9 Å². The first-order valence-corrected chi connectivity index (χ1v) is 8.78. The number of amides is 1. The molecule has 1 heterocycles. The Morgan fingerprint density at radius 1 is 1.50 bits per heavy atom. The van der Waals surface area contributed by atoms with Gasteiger partial charge in [-0.05, 0) is 26.1 Å². The summed E-state index contributed by atoms with van der Waals surface area (Å²) in [6.45, 7) is 1.30. The van der Waals surface area contributed by atoms with Gasteiger partial charge in [0.25, 0.3) is 5.91 Å². The van der Waals surface area contributed by atoms with Crippen LogP contribution in [0.2, 0.25) is 5.02 Å². The zero-order valence-electron chi connectivity index (χ0n) is 12.6. The van der Waals surface area contributed by atoms with Crippen LogP contribution in [0.25, 0.3) is 0 Å². The van der Waals surface area contributed by atoms with Crippen molar-refractivity contribution in [1.82, 2.24) is 9.71 Å². The van der Waals surface area contributed by atoms with E-state index in [1.807, 2.05) is 0 Å². The van der Waals surface area contributed by atoms with Crippen LogP contribution in [0.1, 0.15) is 5.69 Å². The average Bonchev–Trinajstić information content (AvgIpc) is 2.88. The van der Waals surface area contributed by atoms with Crippen molar-refractivity contribution in [2.75, 3.05) is 19.0 Å². The number of anilines is 1. The summed E-state index contributed by atoms with van der Waals surface area (Å²) in [6.07, 6.45) is 0. The van der Waals surface area contributed by atoms with E-state index in [-0.39, 0.29) is 5.02 Å². The summed E-state index contributed by atoms with van der Waals surface area (Å²) in [6, 6.07) is 3.96. The molecular formula is C13H13ClFN3O4S2. The molecule has 0 aliphatic rings. The molecule has 7 nitrogen and oxygen atoms in total. The van der Waals surface area contributed by atoms with Gasteiger partial charge in [-0.2, -0.15) is 0 Å². The van der Waals surface area contributed by atoms with Crippen molar-refractivity contribution in [3.05, 3.63) is 34.7 Å². The van der Waals surface area contributed by atoms with Gasteiger partial charge in [0.2, 0.25) is 16.3 Å². The highest BCUT2D eigenvalue weighted by Crippen LogP contribution is 2.35. The number of benzene rings is 1. The van der Waals surface area contributed by atoms with Gasteiger partial charge in [0.05, 0.1) is 10.7 Å². The standard InChI is InChI=1S/C13H13ClFN3O4S2/c1-7-12(22-8-3-4-10(15)9(14)5-8)23-13(17-7)18-11(19)6-21-24(20)16-2/h3-5,16H,6H2,1-2H3,(H,17,18,19). The lowest BCUT2D eigenvalue weighted by molar-refractivity contribution is -0.117. The molecular weight excluding hydrogens is 381 g/mol. The second-order valence-corrected chi connectivity index (χ2v) is 6.80. The molecule has 2 rings (SSSR count). The Kier molecular flexibility index (Phi) is 6.63. The molecule has 1 aromatic carbocycles. The van der Waals surface area contributed by atoms with E-state index in [2.05, 4.69) is 15.0 Å². The number of hydrogen-bond acceptors (Lipinski definition) is 6. The molecule has 0 aliphatic heterocycles. The molecule has 1 aromatic heterocycles. The highest BCUT2D eigenvalue weighted by molar-refractivity contribution is 7.78. The summed E-state index contributed by atoms with van der Waals surface area (Å²) in [5, 5.41) is 3.16. The fourth-order valence-electron chi connectivity index (χ4n) is 1.50. The van der Waals surface area contributed by atoms with Gasteiger partial charge < -0.3 is 4.74 Å². The minimum atomic E-state index is -1.73. The Labute approximate surface area is 148 Å². The molecule has 1 atom stereocenters. The van der Waals surface area contributed by atoms with Gasteiger partial charge in [0.1, 0.15) is 18.2 Å². The third-order valence-electron chi connectivity index (χ3n) is 2.57. The Balaban J connectivity index is 2.00. The van der Waals surface area contributed by atoms with Crippen molar-refractivity contribution in [3.63, 3.8) is 0 Å². The fourth-order valence-corrected chi connectivity index (χ4v) is 2.86. The van der Waals surface area contributed by atoms with Crippen molar-refractivity contribution >= 4 is 45.2 Å². The number of hydrogen-bond donors (Lipinski definition) is 2. The number of aromatic nitrogens is 1. The van der Waals surface area contributed by atoms with Crippen LogP contribution in [0.3, 0.4) is 0 Å². The van der Waals surface area contributed by atoms with Crippen molar-refractivity contribution in [2.45, 2.75) is 6.92 Å². The first kappa shape index (κ1) is 18.7. The second kappa shape index (κ2) is 8.49. The second-order valence-electron chi connectivity index (χ2n) is 4.32. The Hall–Kier alpha value is -1.59. The molecule has 0 radical (unpaired) electrons. The van der Waals surface area contributed by atoms with E-state index < -0.39 is 29.6 Å². The van der Waals surface area contributed by atoms with E-state index in [9.17, 15) is 13.4 Å². The maximum absolute atomic E-state index is 13.1. The van der Waals surface area contributed by atoms with Crippen LogP contribution in [0, 0.1) is 12.7 Å².